The maximum atomic E-state index is 11.6. The molecule has 1 aromatic rings. The van der Waals surface area contributed by atoms with Crippen molar-refractivity contribution in [3.05, 3.63) is 11.3 Å². The third-order valence-corrected chi connectivity index (χ3v) is 4.19. The van der Waals surface area contributed by atoms with Gasteiger partial charge in [-0.2, -0.15) is 4.37 Å². The maximum absolute atomic E-state index is 11.6. The second kappa shape index (κ2) is 5.80. The number of ketones is 1. The van der Waals surface area contributed by atoms with Crippen LogP contribution in [0.15, 0.2) is 0 Å². The Labute approximate surface area is 113 Å². The van der Waals surface area contributed by atoms with Crippen molar-refractivity contribution in [2.45, 2.75) is 39.7 Å². The highest BCUT2D eigenvalue weighted by Gasteiger charge is 2.19. The number of carbonyl (C=O) groups is 1. The van der Waals surface area contributed by atoms with Gasteiger partial charge in [0.15, 0.2) is 5.78 Å². The fourth-order valence-electron chi connectivity index (χ4n) is 2.50. The zero-order chi connectivity index (χ0) is 13.1. The van der Waals surface area contributed by atoms with Gasteiger partial charge in [0.05, 0.1) is 11.3 Å². The summed E-state index contributed by atoms with van der Waals surface area (Å²) < 4.78 is 4.27. The molecule has 5 heteroatoms. The molecule has 0 saturated carbocycles. The lowest BCUT2D eigenvalue weighted by molar-refractivity contribution is 0.101. The predicted octanol–water partition coefficient (Wildman–Crippen LogP) is 2.55. The van der Waals surface area contributed by atoms with E-state index in [-0.39, 0.29) is 5.78 Å². The van der Waals surface area contributed by atoms with Crippen molar-refractivity contribution in [2.75, 3.05) is 25.0 Å². The van der Waals surface area contributed by atoms with Crippen LogP contribution >= 0.6 is 11.5 Å². The molecule has 2 rings (SSSR count). The number of aromatic nitrogens is 1. The summed E-state index contributed by atoms with van der Waals surface area (Å²) >= 11 is 1.39. The first-order chi connectivity index (χ1) is 8.58. The van der Waals surface area contributed by atoms with Crippen LogP contribution < -0.4 is 5.32 Å². The SMILES string of the molecule is CC(=O)c1c(C)nsc1NC(C)CN1CCCC1. The van der Waals surface area contributed by atoms with Crippen molar-refractivity contribution in [1.82, 2.24) is 9.27 Å². The average Bonchev–Trinajstić information content (AvgIpc) is 2.88. The lowest BCUT2D eigenvalue weighted by Crippen LogP contribution is -2.33. The number of aryl methyl sites for hydroxylation is 1. The summed E-state index contributed by atoms with van der Waals surface area (Å²) in [4.78, 5) is 14.1. The van der Waals surface area contributed by atoms with Crippen LogP contribution in [0.1, 0.15) is 42.7 Å². The molecule has 1 atom stereocenters. The molecule has 2 heterocycles. The van der Waals surface area contributed by atoms with Crippen LogP contribution in [0.4, 0.5) is 5.00 Å². The van der Waals surface area contributed by atoms with E-state index in [1.165, 1.54) is 37.5 Å². The molecule has 0 amide bonds. The van der Waals surface area contributed by atoms with Crippen LogP contribution in [-0.4, -0.2) is 40.7 Å². The van der Waals surface area contributed by atoms with Crippen LogP contribution in [-0.2, 0) is 0 Å². The summed E-state index contributed by atoms with van der Waals surface area (Å²) in [5.74, 6) is 0.0946. The standard InChI is InChI=1S/C13H21N3OS/c1-9(8-16-6-4-5-7-16)14-13-12(11(3)17)10(2)15-18-13/h9,14H,4-8H2,1-3H3. The maximum Gasteiger partial charge on any atom is 0.164 e. The molecule has 100 valence electrons. The van der Waals surface area contributed by atoms with E-state index in [1.54, 1.807) is 6.92 Å². The van der Waals surface area contributed by atoms with Crippen LogP contribution in [0, 0.1) is 6.92 Å². The molecule has 0 spiro atoms. The molecule has 0 aliphatic carbocycles. The van der Waals surface area contributed by atoms with Gasteiger partial charge in [-0.1, -0.05) is 0 Å². The highest BCUT2D eigenvalue weighted by Crippen LogP contribution is 2.25. The molecule has 1 aliphatic rings. The van der Waals surface area contributed by atoms with Gasteiger partial charge in [0, 0.05) is 12.6 Å². The number of rotatable bonds is 5. The molecule has 0 radical (unpaired) electrons. The van der Waals surface area contributed by atoms with E-state index in [2.05, 4.69) is 21.5 Å². The van der Waals surface area contributed by atoms with Gasteiger partial charge < -0.3 is 10.2 Å². The Morgan fingerprint density at radius 2 is 2.17 bits per heavy atom. The molecule has 1 aromatic heterocycles. The number of hydrogen-bond acceptors (Lipinski definition) is 5. The average molecular weight is 267 g/mol. The van der Waals surface area contributed by atoms with Crippen molar-refractivity contribution in [2.24, 2.45) is 0 Å². The number of nitrogens with one attached hydrogen (secondary N) is 1. The number of likely N-dealkylation sites (tertiary alicyclic amines) is 1. The van der Waals surface area contributed by atoms with Crippen molar-refractivity contribution in [3.8, 4) is 0 Å². The van der Waals surface area contributed by atoms with Crippen molar-refractivity contribution < 1.29 is 4.79 Å². The van der Waals surface area contributed by atoms with Gasteiger partial charge in [0.1, 0.15) is 5.00 Å². The molecule has 0 aromatic carbocycles. The second-order valence-electron chi connectivity index (χ2n) is 5.08. The minimum Gasteiger partial charge on any atom is -0.371 e. The van der Waals surface area contributed by atoms with E-state index in [0.717, 1.165) is 22.8 Å². The largest absolute Gasteiger partial charge is 0.371 e. The van der Waals surface area contributed by atoms with E-state index in [9.17, 15) is 4.79 Å². The molecule has 1 N–H and O–H groups in total. The molecule has 18 heavy (non-hydrogen) atoms. The lowest BCUT2D eigenvalue weighted by atomic mass is 10.2. The third kappa shape index (κ3) is 3.09. The van der Waals surface area contributed by atoms with Crippen molar-refractivity contribution >= 4 is 22.3 Å². The fraction of sp³-hybridized carbons (Fsp3) is 0.692. The quantitative estimate of drug-likeness (QED) is 0.833. The third-order valence-electron chi connectivity index (χ3n) is 3.32. The lowest BCUT2D eigenvalue weighted by Gasteiger charge is -2.21. The van der Waals surface area contributed by atoms with Crippen molar-refractivity contribution in [1.29, 1.82) is 0 Å². The van der Waals surface area contributed by atoms with Crippen LogP contribution in [0.3, 0.4) is 0 Å². The number of Topliss-reactive ketones (excluding diaryl/α,β-unsaturated/α-hetero) is 1. The van der Waals surface area contributed by atoms with Gasteiger partial charge in [-0.05, 0) is 58.2 Å². The predicted molar refractivity (Wildman–Crippen MR) is 75.6 cm³/mol. The Kier molecular flexibility index (Phi) is 4.35. The summed E-state index contributed by atoms with van der Waals surface area (Å²) in [5, 5.41) is 4.36. The van der Waals surface area contributed by atoms with Crippen LogP contribution in [0.2, 0.25) is 0 Å². The van der Waals surface area contributed by atoms with Crippen molar-refractivity contribution in [3.63, 3.8) is 0 Å². The zero-order valence-electron chi connectivity index (χ0n) is 11.3. The monoisotopic (exact) mass is 267 g/mol. The first-order valence-corrected chi connectivity index (χ1v) is 7.31. The number of hydrogen-bond donors (Lipinski definition) is 1. The summed E-state index contributed by atoms with van der Waals surface area (Å²) in [6.45, 7) is 9.10. The summed E-state index contributed by atoms with van der Waals surface area (Å²) in [7, 11) is 0. The summed E-state index contributed by atoms with van der Waals surface area (Å²) in [6, 6.07) is 0.348. The Morgan fingerprint density at radius 1 is 1.50 bits per heavy atom. The van der Waals surface area contributed by atoms with Crippen LogP contribution in [0.5, 0.6) is 0 Å². The van der Waals surface area contributed by atoms with Gasteiger partial charge in [-0.3, -0.25) is 4.79 Å². The van der Waals surface area contributed by atoms with E-state index in [0.29, 0.717) is 6.04 Å². The summed E-state index contributed by atoms with van der Waals surface area (Å²) in [5.41, 5.74) is 1.59. The summed E-state index contributed by atoms with van der Waals surface area (Å²) in [6.07, 6.45) is 2.62. The first-order valence-electron chi connectivity index (χ1n) is 6.54. The number of carbonyl (C=O) groups excluding carboxylic acids is 1. The Morgan fingerprint density at radius 3 is 2.78 bits per heavy atom. The van der Waals surface area contributed by atoms with E-state index >= 15 is 0 Å². The van der Waals surface area contributed by atoms with E-state index < -0.39 is 0 Å². The molecule has 1 fully saturated rings. The van der Waals surface area contributed by atoms with Gasteiger partial charge in [-0.15, -0.1) is 0 Å². The molecule has 0 bridgehead atoms. The minimum atomic E-state index is 0.0946. The van der Waals surface area contributed by atoms with Gasteiger partial charge in [-0.25, -0.2) is 0 Å². The molecule has 4 nitrogen and oxygen atoms in total. The topological polar surface area (TPSA) is 45.2 Å². The Bertz CT molecular complexity index is 424. The molecular formula is C13H21N3OS. The van der Waals surface area contributed by atoms with E-state index in [4.69, 9.17) is 0 Å². The first kappa shape index (κ1) is 13.5. The molecule has 1 unspecified atom stereocenters. The van der Waals surface area contributed by atoms with Gasteiger partial charge >= 0.3 is 0 Å². The molecule has 1 aliphatic heterocycles. The molecular weight excluding hydrogens is 246 g/mol. The van der Waals surface area contributed by atoms with Gasteiger partial charge in [0.25, 0.3) is 0 Å². The zero-order valence-corrected chi connectivity index (χ0v) is 12.1. The van der Waals surface area contributed by atoms with Crippen LogP contribution in [0.25, 0.3) is 0 Å². The smallest absolute Gasteiger partial charge is 0.164 e. The number of nitrogens with zero attached hydrogens (tertiary/aromatic N) is 2. The second-order valence-corrected chi connectivity index (χ2v) is 5.85. The Hall–Kier alpha value is -0.940. The Balaban J connectivity index is 1.97. The molecule has 1 saturated heterocycles. The van der Waals surface area contributed by atoms with E-state index in [1.807, 2.05) is 6.92 Å². The minimum absolute atomic E-state index is 0.0946. The highest BCUT2D eigenvalue weighted by atomic mass is 32.1. The number of anilines is 1. The highest BCUT2D eigenvalue weighted by molar-refractivity contribution is 7.10. The van der Waals surface area contributed by atoms with Gasteiger partial charge in [0.2, 0.25) is 0 Å². The normalized spacial score (nSPS) is 17.9. The fourth-order valence-corrected chi connectivity index (χ4v) is 3.46.